The molecule has 4 unspecified atom stereocenters. The molecule has 2 aromatic carbocycles. The minimum absolute atomic E-state index is 1.25. The van der Waals surface area contributed by atoms with Crippen molar-refractivity contribution in [2.24, 2.45) is 0 Å². The predicted octanol–water partition coefficient (Wildman–Crippen LogP) is 8.82. The molecule has 1 aliphatic carbocycles. The highest BCUT2D eigenvalue weighted by molar-refractivity contribution is 6.85. The smallest absolute Gasteiger partial charge is 0.237 e. The highest BCUT2D eigenvalue weighted by Crippen LogP contribution is 2.40. The van der Waals surface area contributed by atoms with Crippen molar-refractivity contribution in [3.8, 4) is 0 Å². The van der Waals surface area contributed by atoms with Gasteiger partial charge in [0.25, 0.3) is 0 Å². The maximum absolute atomic E-state index is 13.2. The van der Waals surface area contributed by atoms with Crippen LogP contribution in [0.1, 0.15) is 11.1 Å². The Morgan fingerprint density at radius 1 is 0.500 bits per heavy atom. The number of hydrogen-bond donors (Lipinski definition) is 0. The lowest BCUT2D eigenvalue weighted by Gasteiger charge is -2.47. The molecule has 0 aliphatic heterocycles. The highest BCUT2D eigenvalue weighted by Gasteiger charge is 2.63. The van der Waals surface area contributed by atoms with Gasteiger partial charge in [-0.1, -0.05) is 36.4 Å². The average Bonchev–Trinajstić information content (AvgIpc) is 2.95. The zero-order chi connectivity index (χ0) is 30.0. The van der Waals surface area contributed by atoms with E-state index in [1.165, 1.54) is 22.3 Å². The summed E-state index contributed by atoms with van der Waals surface area (Å²) in [6, 6.07) is 21.1. The fourth-order valence-electron chi connectivity index (χ4n) is 4.38. The number of alkyl halides is 12. The first-order valence-corrected chi connectivity index (χ1v) is 11.8. The van der Waals surface area contributed by atoms with Gasteiger partial charge in [0.05, 0.1) is 5.57 Å². The van der Waals surface area contributed by atoms with Crippen molar-refractivity contribution in [1.82, 2.24) is 0 Å². The molecule has 0 nitrogen and oxygen atoms in total. The summed E-state index contributed by atoms with van der Waals surface area (Å²) in [7, 11) is 0. The molecule has 218 valence electrons. The highest BCUT2D eigenvalue weighted by atomic mass is 19.3. The Balaban J connectivity index is 0.000000281. The lowest BCUT2D eigenvalue weighted by Crippen LogP contribution is -2.74. The average molecular weight is 586 g/mol. The van der Waals surface area contributed by atoms with Crippen LogP contribution in [-0.2, 0) is 0 Å². The van der Waals surface area contributed by atoms with Crippen molar-refractivity contribution in [3.05, 3.63) is 108 Å². The third kappa shape index (κ3) is 7.48. The first-order valence-electron chi connectivity index (χ1n) is 11.8. The van der Waals surface area contributed by atoms with Crippen LogP contribution in [0.2, 0.25) is 0 Å². The maximum Gasteiger partial charge on any atom is 0.237 e. The van der Waals surface area contributed by atoms with Crippen molar-refractivity contribution in [2.45, 2.75) is 50.0 Å². The van der Waals surface area contributed by atoms with Crippen LogP contribution >= 0.6 is 0 Å². The van der Waals surface area contributed by atoms with Gasteiger partial charge in [0.1, 0.15) is 5.57 Å². The predicted molar refractivity (Wildman–Crippen MR) is 131 cm³/mol. The van der Waals surface area contributed by atoms with Gasteiger partial charge in [0, 0.05) is 66.1 Å². The summed E-state index contributed by atoms with van der Waals surface area (Å²) in [6.07, 6.45) is -32.3. The van der Waals surface area contributed by atoms with Gasteiger partial charge in [0.15, 0.2) is 6.15 Å². The van der Waals surface area contributed by atoms with Crippen molar-refractivity contribution in [1.29, 1.82) is 0 Å². The Hall–Kier alpha value is -3.25. The van der Waals surface area contributed by atoms with E-state index in [0.29, 0.717) is 0 Å². The summed E-state index contributed by atoms with van der Waals surface area (Å²) in [6.45, 7) is 0. The van der Waals surface area contributed by atoms with E-state index in [4.69, 9.17) is 0 Å². The summed E-state index contributed by atoms with van der Waals surface area (Å²) >= 11 is 0. The zero-order valence-corrected chi connectivity index (χ0v) is 20.4. The van der Waals surface area contributed by atoms with Crippen LogP contribution in [0.25, 0.3) is 5.57 Å². The molecule has 0 spiro atoms. The summed E-state index contributed by atoms with van der Waals surface area (Å²) in [4.78, 5) is 0. The van der Waals surface area contributed by atoms with Gasteiger partial charge >= 0.3 is 0 Å². The van der Waals surface area contributed by atoms with Crippen molar-refractivity contribution in [3.63, 3.8) is 0 Å². The van der Waals surface area contributed by atoms with Crippen LogP contribution < -0.4 is 0 Å². The molecule has 0 saturated heterocycles. The van der Waals surface area contributed by atoms with E-state index in [2.05, 4.69) is 91.4 Å². The third-order valence-electron chi connectivity index (χ3n) is 6.36. The lowest BCUT2D eigenvalue weighted by molar-refractivity contribution is 0.0118. The van der Waals surface area contributed by atoms with E-state index in [1.54, 1.807) is 0 Å². The number of hydrogen-bond acceptors (Lipinski definition) is 0. The Morgan fingerprint density at radius 2 is 0.850 bits per heavy atom. The standard InChI is InChI=1S/C19H15.C8H8BF12/c1-4-10-16(11-5-1)19(17-12-6-2-7-13-17)18-14-8-3-9-15-18;10-1(5(14)15)9(2(11)6(16)17,3(12)7(18)19)4(13)8(20)21/h1-15H;1-8H/q+1;-1. The normalized spacial score (nSPS) is 17.6. The topological polar surface area (TPSA) is 0 Å². The Morgan fingerprint density at radius 3 is 1.12 bits per heavy atom. The second kappa shape index (κ2) is 14.9. The molecule has 40 heavy (non-hydrogen) atoms. The Kier molecular flexibility index (Phi) is 12.3. The third-order valence-corrected chi connectivity index (χ3v) is 6.36. The Labute approximate surface area is 223 Å². The number of rotatable bonds is 10. The molecule has 0 bridgehead atoms. The monoisotopic (exact) mass is 586 g/mol. The van der Waals surface area contributed by atoms with Crippen LogP contribution in [0, 0.1) is 6.42 Å². The van der Waals surface area contributed by atoms with Gasteiger partial charge < -0.3 is 0 Å². The minimum atomic E-state index is -6.09. The summed E-state index contributed by atoms with van der Waals surface area (Å²) < 4.78 is 151. The van der Waals surface area contributed by atoms with Crippen LogP contribution in [0.3, 0.4) is 0 Å². The molecule has 0 heterocycles. The quantitative estimate of drug-likeness (QED) is 0.148. The second-order valence-electron chi connectivity index (χ2n) is 8.74. The molecule has 0 fully saturated rings. The van der Waals surface area contributed by atoms with E-state index in [1.807, 2.05) is 0 Å². The summed E-state index contributed by atoms with van der Waals surface area (Å²) in [5.41, 5.74) is 5.03. The van der Waals surface area contributed by atoms with E-state index >= 15 is 0 Å². The molecule has 13 heteroatoms. The van der Waals surface area contributed by atoms with Crippen LogP contribution in [0.5, 0.6) is 0 Å². The van der Waals surface area contributed by atoms with Gasteiger partial charge in [-0.2, -0.15) is 0 Å². The van der Waals surface area contributed by atoms with Gasteiger partial charge in [-0.3, -0.25) is 17.6 Å². The van der Waals surface area contributed by atoms with Crippen LogP contribution in [0.15, 0.2) is 90.5 Å². The van der Waals surface area contributed by atoms with Crippen molar-refractivity contribution >= 4 is 11.7 Å². The molecule has 3 rings (SSSR count). The zero-order valence-electron chi connectivity index (χ0n) is 20.4. The Bertz CT molecular complexity index is 1020. The van der Waals surface area contributed by atoms with Crippen LogP contribution in [0.4, 0.5) is 52.7 Å². The number of benzene rings is 2. The van der Waals surface area contributed by atoms with Gasteiger partial charge in [-0.25, -0.2) is 35.1 Å². The second-order valence-corrected chi connectivity index (χ2v) is 8.74. The minimum Gasteiger partial charge on any atom is -0.284 e. The fraction of sp³-hybridized carbons (Fsp3) is 0.296. The molecule has 1 aliphatic rings. The van der Waals surface area contributed by atoms with E-state index < -0.39 is 56.1 Å². The van der Waals surface area contributed by atoms with Gasteiger partial charge in [0.2, 0.25) is 25.7 Å². The van der Waals surface area contributed by atoms with E-state index in [0.717, 1.165) is 0 Å². The lowest BCUT2D eigenvalue weighted by atomic mass is 9.14. The summed E-state index contributed by atoms with van der Waals surface area (Å²) in [5, 5.41) is 0. The molecular formula is C27H23BF12. The molecule has 0 aromatic heterocycles. The van der Waals surface area contributed by atoms with E-state index in [-0.39, 0.29) is 0 Å². The molecular weight excluding hydrogens is 563 g/mol. The summed E-state index contributed by atoms with van der Waals surface area (Å²) in [5.74, 6) is 0. The molecule has 0 saturated carbocycles. The molecule has 4 atom stereocenters. The largest absolute Gasteiger partial charge is 0.284 e. The van der Waals surface area contributed by atoms with Gasteiger partial charge in [-0.05, 0) is 24.3 Å². The van der Waals surface area contributed by atoms with Crippen molar-refractivity contribution in [2.75, 3.05) is 0 Å². The molecule has 2 aromatic rings. The first kappa shape index (κ1) is 33.0. The van der Waals surface area contributed by atoms with Gasteiger partial charge in [-0.15, -0.1) is 0 Å². The van der Waals surface area contributed by atoms with Crippen molar-refractivity contribution < 1.29 is 52.7 Å². The SMILES string of the molecule is C1=C[CH+]C(=C(c2ccccc2)c2ccccc2)C=C1.FC(F)C(F)[B-](C(F)C(F)F)(C(F)C(F)F)C(F)C(F)F. The van der Waals surface area contributed by atoms with Crippen LogP contribution in [-0.4, -0.2) is 56.1 Å². The first-order chi connectivity index (χ1) is 18.9. The molecule has 0 N–H and O–H groups in total. The van der Waals surface area contributed by atoms with E-state index in [9.17, 15) is 52.7 Å². The maximum atomic E-state index is 13.2. The number of allylic oxidation sites excluding steroid dienone is 5. The molecule has 0 amide bonds. The number of halogens is 12. The fourth-order valence-corrected chi connectivity index (χ4v) is 4.38. The molecule has 0 radical (unpaired) electrons.